The van der Waals surface area contributed by atoms with Crippen LogP contribution in [0.5, 0.6) is 0 Å². The van der Waals surface area contributed by atoms with Gasteiger partial charge >= 0.3 is 5.97 Å². The van der Waals surface area contributed by atoms with E-state index in [9.17, 15) is 4.79 Å². The molecule has 5 nitrogen and oxygen atoms in total. The van der Waals surface area contributed by atoms with Crippen LogP contribution in [0.4, 0.5) is 5.88 Å². The van der Waals surface area contributed by atoms with Gasteiger partial charge in [0.2, 0.25) is 0 Å². The first kappa shape index (κ1) is 11.3. The Labute approximate surface area is 87.2 Å². The zero-order chi connectivity index (χ0) is 11.3. The van der Waals surface area contributed by atoms with Crippen molar-refractivity contribution >= 4 is 17.9 Å². The quantitative estimate of drug-likeness (QED) is 0.705. The van der Waals surface area contributed by atoms with Crippen molar-refractivity contribution in [3.05, 3.63) is 24.0 Å². The fourth-order valence-electron chi connectivity index (χ4n) is 1.05. The fraction of sp³-hybridized carbons (Fsp3) is 0.300. The molecule has 15 heavy (non-hydrogen) atoms. The number of rotatable bonds is 5. The SMILES string of the molecule is CN(CCO)c1ccc(/C=C/C(=O)O)o1. The van der Waals surface area contributed by atoms with Crippen LogP contribution in [0.3, 0.4) is 0 Å². The maximum Gasteiger partial charge on any atom is 0.328 e. The third kappa shape index (κ3) is 3.47. The highest BCUT2D eigenvalue weighted by Crippen LogP contribution is 2.17. The van der Waals surface area contributed by atoms with Crippen molar-refractivity contribution in [2.24, 2.45) is 0 Å². The van der Waals surface area contributed by atoms with Crippen LogP contribution >= 0.6 is 0 Å². The predicted molar refractivity (Wildman–Crippen MR) is 55.7 cm³/mol. The molecule has 0 unspecified atom stereocenters. The molecule has 1 aromatic heterocycles. The molecule has 0 atom stereocenters. The molecule has 5 heteroatoms. The molecule has 1 rings (SSSR count). The lowest BCUT2D eigenvalue weighted by atomic mass is 10.4. The van der Waals surface area contributed by atoms with Gasteiger partial charge in [0.25, 0.3) is 0 Å². The molecule has 0 saturated carbocycles. The number of hydrogen-bond acceptors (Lipinski definition) is 4. The lowest BCUT2D eigenvalue weighted by molar-refractivity contribution is -0.131. The molecule has 0 aliphatic rings. The smallest absolute Gasteiger partial charge is 0.328 e. The lowest BCUT2D eigenvalue weighted by Gasteiger charge is -2.13. The van der Waals surface area contributed by atoms with E-state index >= 15 is 0 Å². The Morgan fingerprint density at radius 3 is 2.93 bits per heavy atom. The normalized spacial score (nSPS) is 10.8. The zero-order valence-electron chi connectivity index (χ0n) is 8.38. The number of carbonyl (C=O) groups is 1. The second-order valence-corrected chi connectivity index (χ2v) is 2.99. The first-order valence-corrected chi connectivity index (χ1v) is 4.46. The number of anilines is 1. The van der Waals surface area contributed by atoms with Crippen molar-refractivity contribution in [1.82, 2.24) is 0 Å². The predicted octanol–water partition coefficient (Wildman–Crippen LogP) is 0.806. The summed E-state index contributed by atoms with van der Waals surface area (Å²) in [6.45, 7) is 0.507. The summed E-state index contributed by atoms with van der Waals surface area (Å²) < 4.78 is 5.31. The average molecular weight is 211 g/mol. The summed E-state index contributed by atoms with van der Waals surface area (Å²) >= 11 is 0. The van der Waals surface area contributed by atoms with Crippen LogP contribution in [0.15, 0.2) is 22.6 Å². The van der Waals surface area contributed by atoms with Crippen molar-refractivity contribution in [3.63, 3.8) is 0 Å². The number of aliphatic hydroxyl groups excluding tert-OH is 1. The maximum absolute atomic E-state index is 10.2. The Morgan fingerprint density at radius 1 is 1.60 bits per heavy atom. The molecule has 0 fully saturated rings. The Kier molecular flexibility index (Phi) is 3.93. The molecule has 82 valence electrons. The molecule has 1 aromatic rings. The Bertz CT molecular complexity index is 356. The molecule has 0 aliphatic carbocycles. The summed E-state index contributed by atoms with van der Waals surface area (Å²) in [5, 5.41) is 17.1. The van der Waals surface area contributed by atoms with Gasteiger partial charge < -0.3 is 19.5 Å². The molecule has 0 aliphatic heterocycles. The van der Waals surface area contributed by atoms with E-state index in [-0.39, 0.29) is 6.61 Å². The van der Waals surface area contributed by atoms with Crippen molar-refractivity contribution in [2.75, 3.05) is 25.1 Å². The van der Waals surface area contributed by atoms with Gasteiger partial charge in [0, 0.05) is 25.7 Å². The molecule has 2 N–H and O–H groups in total. The summed E-state index contributed by atoms with van der Waals surface area (Å²) in [4.78, 5) is 12.0. The number of carboxylic acid groups (broad SMARTS) is 1. The molecular formula is C10H13NO4. The van der Waals surface area contributed by atoms with Crippen molar-refractivity contribution < 1.29 is 19.4 Å². The van der Waals surface area contributed by atoms with Crippen LogP contribution in [0.1, 0.15) is 5.76 Å². The highest BCUT2D eigenvalue weighted by molar-refractivity contribution is 5.84. The van der Waals surface area contributed by atoms with Crippen LogP contribution in [0.2, 0.25) is 0 Å². The molecule has 0 amide bonds. The molecule has 0 bridgehead atoms. The van der Waals surface area contributed by atoms with Gasteiger partial charge in [-0.05, 0) is 12.1 Å². The van der Waals surface area contributed by atoms with Crippen LogP contribution in [-0.2, 0) is 4.79 Å². The van der Waals surface area contributed by atoms with E-state index in [1.54, 1.807) is 24.1 Å². The van der Waals surface area contributed by atoms with Crippen LogP contribution in [-0.4, -0.2) is 36.4 Å². The molecule has 0 aromatic carbocycles. The number of hydrogen-bond donors (Lipinski definition) is 2. The number of carboxylic acids is 1. The van der Waals surface area contributed by atoms with Gasteiger partial charge in [-0.1, -0.05) is 0 Å². The minimum atomic E-state index is -1.02. The van der Waals surface area contributed by atoms with Gasteiger partial charge in [0.05, 0.1) is 6.61 Å². The Morgan fingerprint density at radius 2 is 2.33 bits per heavy atom. The van der Waals surface area contributed by atoms with E-state index in [2.05, 4.69) is 0 Å². The average Bonchev–Trinajstić information content (AvgIpc) is 2.63. The Hall–Kier alpha value is -1.75. The lowest BCUT2D eigenvalue weighted by Crippen LogP contribution is -2.20. The van der Waals surface area contributed by atoms with Gasteiger partial charge in [0.15, 0.2) is 5.88 Å². The topological polar surface area (TPSA) is 73.9 Å². The largest absolute Gasteiger partial charge is 0.478 e. The molecule has 1 heterocycles. The van der Waals surface area contributed by atoms with Crippen LogP contribution < -0.4 is 4.90 Å². The maximum atomic E-state index is 10.2. The van der Waals surface area contributed by atoms with E-state index < -0.39 is 5.97 Å². The monoisotopic (exact) mass is 211 g/mol. The number of nitrogens with zero attached hydrogens (tertiary/aromatic N) is 1. The highest BCUT2D eigenvalue weighted by atomic mass is 16.4. The highest BCUT2D eigenvalue weighted by Gasteiger charge is 2.04. The minimum Gasteiger partial charge on any atom is -0.478 e. The van der Waals surface area contributed by atoms with E-state index in [1.807, 2.05) is 0 Å². The number of aliphatic carboxylic acids is 1. The summed E-state index contributed by atoms with van der Waals surface area (Å²) in [7, 11) is 1.78. The van der Waals surface area contributed by atoms with Gasteiger partial charge in [-0.2, -0.15) is 0 Å². The molecule has 0 radical (unpaired) electrons. The molecule has 0 saturated heterocycles. The Balaban J connectivity index is 2.67. The summed E-state index contributed by atoms with van der Waals surface area (Å²) in [5.41, 5.74) is 0. The minimum absolute atomic E-state index is 0.0392. The zero-order valence-corrected chi connectivity index (χ0v) is 8.38. The van der Waals surface area contributed by atoms with E-state index in [0.717, 1.165) is 6.08 Å². The summed E-state index contributed by atoms with van der Waals surface area (Å²) in [6, 6.07) is 3.39. The summed E-state index contributed by atoms with van der Waals surface area (Å²) in [5.74, 6) is 0.0444. The molecular weight excluding hydrogens is 198 g/mol. The standard InChI is InChI=1S/C10H13NO4/c1-11(6-7-12)9-4-2-8(15-9)3-5-10(13)14/h2-5,12H,6-7H2,1H3,(H,13,14)/b5-3+. The fourth-order valence-corrected chi connectivity index (χ4v) is 1.05. The van der Waals surface area contributed by atoms with Crippen molar-refractivity contribution in [1.29, 1.82) is 0 Å². The van der Waals surface area contributed by atoms with E-state index in [0.29, 0.717) is 18.2 Å². The van der Waals surface area contributed by atoms with Gasteiger partial charge in [-0.15, -0.1) is 0 Å². The van der Waals surface area contributed by atoms with Crippen LogP contribution in [0, 0.1) is 0 Å². The molecule has 0 spiro atoms. The summed E-state index contributed by atoms with van der Waals surface area (Å²) in [6.07, 6.45) is 2.38. The van der Waals surface area contributed by atoms with Gasteiger partial charge in [0.1, 0.15) is 5.76 Å². The second kappa shape index (κ2) is 5.21. The van der Waals surface area contributed by atoms with Gasteiger partial charge in [-0.3, -0.25) is 0 Å². The third-order valence-corrected chi connectivity index (χ3v) is 1.81. The van der Waals surface area contributed by atoms with Gasteiger partial charge in [-0.25, -0.2) is 4.79 Å². The van der Waals surface area contributed by atoms with Crippen molar-refractivity contribution in [2.45, 2.75) is 0 Å². The number of furan rings is 1. The van der Waals surface area contributed by atoms with E-state index in [1.165, 1.54) is 6.08 Å². The van der Waals surface area contributed by atoms with E-state index in [4.69, 9.17) is 14.6 Å². The number of likely N-dealkylation sites (N-methyl/N-ethyl adjacent to an activating group) is 1. The first-order valence-electron chi connectivity index (χ1n) is 4.46. The third-order valence-electron chi connectivity index (χ3n) is 1.81. The van der Waals surface area contributed by atoms with Crippen LogP contribution in [0.25, 0.3) is 6.08 Å². The second-order valence-electron chi connectivity index (χ2n) is 2.99. The number of aliphatic hydroxyl groups is 1. The first-order chi connectivity index (χ1) is 7.13. The van der Waals surface area contributed by atoms with Crippen molar-refractivity contribution in [3.8, 4) is 0 Å².